The standard InChI is InChI=1S/C19H23N3O3.C4H9Cl/c1-13-18(25-12-15-5-3-2-4-6-15)17(19(23)24)22-16(21-13)11-14-7-9-20-10-8-14;1-4(2,3)5/h2-6,14,20H,7-12H2,1H3,(H,23,24);1-3H3. The van der Waals surface area contributed by atoms with Gasteiger partial charge in [0.15, 0.2) is 11.4 Å². The Morgan fingerprint density at radius 1 is 1.20 bits per heavy atom. The van der Waals surface area contributed by atoms with Gasteiger partial charge in [-0.2, -0.15) is 0 Å². The number of aromatic carboxylic acids is 1. The van der Waals surface area contributed by atoms with E-state index in [1.165, 1.54) is 0 Å². The summed E-state index contributed by atoms with van der Waals surface area (Å²) >= 11 is 5.53. The van der Waals surface area contributed by atoms with Crippen LogP contribution in [0.1, 0.15) is 61.2 Å². The SMILES string of the molecule is CC(C)(C)Cl.Cc1nc(CC2CCNCC2)nc(C(=O)O)c1OCc1ccccc1. The average molecular weight is 434 g/mol. The van der Waals surface area contributed by atoms with Crippen molar-refractivity contribution < 1.29 is 14.6 Å². The molecule has 2 heterocycles. The highest BCUT2D eigenvalue weighted by Crippen LogP contribution is 2.24. The van der Waals surface area contributed by atoms with E-state index in [1.54, 1.807) is 6.92 Å². The molecule has 0 radical (unpaired) electrons. The number of benzene rings is 1. The molecule has 1 aliphatic heterocycles. The minimum atomic E-state index is -1.08. The summed E-state index contributed by atoms with van der Waals surface area (Å²) in [6, 6.07) is 9.63. The number of ether oxygens (including phenoxy) is 1. The molecule has 6 nitrogen and oxygen atoms in total. The van der Waals surface area contributed by atoms with Gasteiger partial charge in [0.2, 0.25) is 0 Å². The van der Waals surface area contributed by atoms with E-state index in [0.29, 0.717) is 30.5 Å². The molecule has 2 aromatic rings. The van der Waals surface area contributed by atoms with Crippen molar-refractivity contribution in [1.29, 1.82) is 0 Å². The number of nitrogens with zero attached hydrogens (tertiary/aromatic N) is 2. The molecule has 164 valence electrons. The van der Waals surface area contributed by atoms with E-state index in [9.17, 15) is 9.90 Å². The zero-order valence-corrected chi connectivity index (χ0v) is 19.0. The maximum Gasteiger partial charge on any atom is 0.358 e. The molecular formula is C23H32ClN3O3. The highest BCUT2D eigenvalue weighted by molar-refractivity contribution is 6.23. The second kappa shape index (κ2) is 11.3. The summed E-state index contributed by atoms with van der Waals surface area (Å²) in [5.41, 5.74) is 1.50. The fourth-order valence-corrected chi connectivity index (χ4v) is 3.10. The summed E-state index contributed by atoms with van der Waals surface area (Å²) in [5.74, 6) is 0.262. The van der Waals surface area contributed by atoms with Gasteiger partial charge in [-0.25, -0.2) is 14.8 Å². The number of aryl methyl sites for hydroxylation is 1. The van der Waals surface area contributed by atoms with E-state index >= 15 is 0 Å². The number of rotatable bonds is 6. The molecule has 0 amide bonds. The number of alkyl halides is 1. The number of carbonyl (C=O) groups is 1. The lowest BCUT2D eigenvalue weighted by atomic mass is 9.94. The molecular weight excluding hydrogens is 402 g/mol. The third-order valence-corrected chi connectivity index (χ3v) is 4.44. The quantitative estimate of drug-likeness (QED) is 0.646. The molecule has 0 bridgehead atoms. The molecule has 2 N–H and O–H groups in total. The van der Waals surface area contributed by atoms with Crippen LogP contribution >= 0.6 is 11.6 Å². The maximum atomic E-state index is 11.6. The number of piperidine rings is 1. The molecule has 1 saturated heterocycles. The maximum absolute atomic E-state index is 11.6. The van der Waals surface area contributed by atoms with E-state index in [2.05, 4.69) is 15.3 Å². The van der Waals surface area contributed by atoms with E-state index in [4.69, 9.17) is 16.3 Å². The van der Waals surface area contributed by atoms with Crippen molar-refractivity contribution in [3.05, 3.63) is 53.1 Å². The first-order valence-corrected chi connectivity index (χ1v) is 10.7. The topological polar surface area (TPSA) is 84.3 Å². The normalized spacial score (nSPS) is 14.6. The van der Waals surface area contributed by atoms with Gasteiger partial charge < -0.3 is 15.2 Å². The van der Waals surface area contributed by atoms with E-state index in [0.717, 1.165) is 31.5 Å². The third kappa shape index (κ3) is 8.67. The van der Waals surface area contributed by atoms with Crippen molar-refractivity contribution in [2.75, 3.05) is 13.1 Å². The Hall–Kier alpha value is -2.18. The highest BCUT2D eigenvalue weighted by atomic mass is 35.5. The van der Waals surface area contributed by atoms with Crippen LogP contribution in [0, 0.1) is 12.8 Å². The lowest BCUT2D eigenvalue weighted by molar-refractivity contribution is 0.0683. The molecule has 7 heteroatoms. The first kappa shape index (κ1) is 24.1. The Morgan fingerprint density at radius 3 is 2.37 bits per heavy atom. The van der Waals surface area contributed by atoms with Crippen LogP contribution in [-0.4, -0.2) is 39.0 Å². The van der Waals surface area contributed by atoms with Gasteiger partial charge >= 0.3 is 5.97 Å². The van der Waals surface area contributed by atoms with Gasteiger partial charge in [0.25, 0.3) is 0 Å². The van der Waals surface area contributed by atoms with Crippen LogP contribution in [0.4, 0.5) is 0 Å². The second-order valence-electron chi connectivity index (χ2n) is 8.45. The first-order chi connectivity index (χ1) is 14.1. The van der Waals surface area contributed by atoms with Gasteiger partial charge in [0.05, 0.1) is 5.69 Å². The average Bonchev–Trinajstić information content (AvgIpc) is 2.67. The summed E-state index contributed by atoms with van der Waals surface area (Å²) in [4.78, 5) is 20.4. The minimum Gasteiger partial charge on any atom is -0.484 e. The summed E-state index contributed by atoms with van der Waals surface area (Å²) in [7, 11) is 0. The van der Waals surface area contributed by atoms with Crippen LogP contribution < -0.4 is 10.1 Å². The first-order valence-electron chi connectivity index (χ1n) is 10.3. The molecule has 30 heavy (non-hydrogen) atoms. The van der Waals surface area contributed by atoms with Crippen molar-refractivity contribution in [2.24, 2.45) is 5.92 Å². The minimum absolute atomic E-state index is 0.0278. The zero-order chi connectivity index (χ0) is 22.1. The molecule has 0 saturated carbocycles. The van der Waals surface area contributed by atoms with Crippen LogP contribution in [0.3, 0.4) is 0 Å². The van der Waals surface area contributed by atoms with Crippen LogP contribution in [0.5, 0.6) is 5.75 Å². The molecule has 0 unspecified atom stereocenters. The Balaban J connectivity index is 0.000000575. The van der Waals surface area contributed by atoms with Gasteiger partial charge in [-0.15, -0.1) is 11.6 Å². The van der Waals surface area contributed by atoms with Gasteiger partial charge in [-0.1, -0.05) is 30.3 Å². The van der Waals surface area contributed by atoms with Crippen molar-refractivity contribution >= 4 is 17.6 Å². The Labute approximate surface area is 184 Å². The molecule has 1 aromatic heterocycles. The van der Waals surface area contributed by atoms with Gasteiger partial charge in [0, 0.05) is 11.3 Å². The molecule has 0 spiro atoms. The van der Waals surface area contributed by atoms with Gasteiger partial charge in [-0.05, 0) is 65.1 Å². The zero-order valence-electron chi connectivity index (χ0n) is 18.2. The molecule has 3 rings (SSSR count). The molecule has 1 aromatic carbocycles. The number of carboxylic acid groups (broad SMARTS) is 1. The number of halogens is 1. The number of carboxylic acids is 1. The smallest absolute Gasteiger partial charge is 0.358 e. The predicted molar refractivity (Wildman–Crippen MR) is 119 cm³/mol. The monoisotopic (exact) mass is 433 g/mol. The van der Waals surface area contributed by atoms with Crippen LogP contribution in [-0.2, 0) is 13.0 Å². The van der Waals surface area contributed by atoms with Crippen LogP contribution in [0.15, 0.2) is 30.3 Å². The number of aromatic nitrogens is 2. The Morgan fingerprint density at radius 2 is 1.80 bits per heavy atom. The Bertz CT molecular complexity index is 810. The lowest BCUT2D eigenvalue weighted by Crippen LogP contribution is -2.29. The highest BCUT2D eigenvalue weighted by Gasteiger charge is 2.21. The summed E-state index contributed by atoms with van der Waals surface area (Å²) in [5, 5.41) is 12.9. The fourth-order valence-electron chi connectivity index (χ4n) is 3.10. The van der Waals surface area contributed by atoms with E-state index in [1.807, 2.05) is 51.1 Å². The summed E-state index contributed by atoms with van der Waals surface area (Å²) < 4.78 is 5.74. The molecule has 1 aliphatic rings. The number of hydrogen-bond acceptors (Lipinski definition) is 5. The van der Waals surface area contributed by atoms with Gasteiger partial charge in [-0.3, -0.25) is 0 Å². The lowest BCUT2D eigenvalue weighted by Gasteiger charge is -2.22. The molecule has 0 aliphatic carbocycles. The second-order valence-corrected chi connectivity index (χ2v) is 9.58. The van der Waals surface area contributed by atoms with E-state index < -0.39 is 5.97 Å². The van der Waals surface area contributed by atoms with Crippen molar-refractivity contribution in [3.63, 3.8) is 0 Å². The van der Waals surface area contributed by atoms with Crippen molar-refractivity contribution in [3.8, 4) is 5.75 Å². The van der Waals surface area contributed by atoms with E-state index in [-0.39, 0.29) is 16.3 Å². The molecule has 0 atom stereocenters. The largest absolute Gasteiger partial charge is 0.484 e. The molecule has 1 fully saturated rings. The number of nitrogens with one attached hydrogen (secondary N) is 1. The van der Waals surface area contributed by atoms with Crippen LogP contribution in [0.25, 0.3) is 0 Å². The predicted octanol–water partition coefficient (Wildman–Crippen LogP) is 4.63. The van der Waals surface area contributed by atoms with Crippen LogP contribution in [0.2, 0.25) is 0 Å². The number of hydrogen-bond donors (Lipinski definition) is 2. The summed E-state index contributed by atoms with van der Waals surface area (Å²) in [6.07, 6.45) is 2.84. The third-order valence-electron chi connectivity index (χ3n) is 4.44. The van der Waals surface area contributed by atoms with Crippen molar-refractivity contribution in [2.45, 2.75) is 58.4 Å². The van der Waals surface area contributed by atoms with Crippen molar-refractivity contribution in [1.82, 2.24) is 15.3 Å². The summed E-state index contributed by atoms with van der Waals surface area (Å²) in [6.45, 7) is 9.92. The van der Waals surface area contributed by atoms with Gasteiger partial charge in [0.1, 0.15) is 12.4 Å². The fraction of sp³-hybridized carbons (Fsp3) is 0.522. The Kier molecular flexibility index (Phi) is 9.06.